The number of halogens is 2. The highest BCUT2D eigenvalue weighted by Gasteiger charge is 2.70. The number of anilines is 2. The van der Waals surface area contributed by atoms with Crippen molar-refractivity contribution in [3.63, 3.8) is 0 Å². The predicted octanol–water partition coefficient (Wildman–Crippen LogP) is 7.23. The number of aliphatic hydroxyl groups excluding tert-OH is 1. The van der Waals surface area contributed by atoms with Crippen LogP contribution in [0.25, 0.3) is 11.1 Å². The first kappa shape index (κ1) is 33.0. The molecule has 0 saturated carbocycles. The summed E-state index contributed by atoms with van der Waals surface area (Å²) in [7, 11) is 1.50. The standard InChI is InChI=1S/C35H39ClIN3O6/c1-19(33(42)38-26-16-27(44-4)22(18-41)15-24(26)36)10-11-20-12-13-25(23(14-20)21-8-6-5-7-9-21)39-34(43)45-28-17-35(2,3)32-31-30(46-31)29(28)40(32)37/h5-9,12-16,19,28-32,41H,10-11,17-18H2,1-4H3,(H,38,42)(H,39,43). The number of ether oxygens (including phenoxy) is 3. The van der Waals surface area contributed by atoms with Gasteiger partial charge in [-0.05, 0) is 54.0 Å². The number of carbonyl (C=O) groups excluding carboxylic acids is 2. The van der Waals surface area contributed by atoms with Crippen molar-refractivity contribution in [2.45, 2.75) is 77.0 Å². The van der Waals surface area contributed by atoms with Crippen molar-refractivity contribution in [2.24, 2.45) is 11.3 Å². The second kappa shape index (κ2) is 13.3. The maximum absolute atomic E-state index is 13.3. The van der Waals surface area contributed by atoms with E-state index < -0.39 is 6.09 Å². The Bertz CT molecular complexity index is 1620. The third-order valence-electron chi connectivity index (χ3n) is 9.44. The van der Waals surface area contributed by atoms with E-state index in [1.165, 1.54) is 7.11 Å². The van der Waals surface area contributed by atoms with Crippen LogP contribution in [0, 0.1) is 11.3 Å². The molecule has 46 heavy (non-hydrogen) atoms. The molecular formula is C35H39ClIN3O6. The molecule has 11 heteroatoms. The van der Waals surface area contributed by atoms with E-state index >= 15 is 0 Å². The number of fused-ring (bicyclic) bond motifs is 5. The molecule has 3 aromatic rings. The SMILES string of the molecule is COc1cc(NC(=O)C(C)CCc2ccc(NC(=O)OC3CC(C)(C)C4C5OC5C3N4I)c(-c3ccccc3)c2)c(Cl)cc1CO. The van der Waals surface area contributed by atoms with Gasteiger partial charge in [0.15, 0.2) is 0 Å². The first-order chi connectivity index (χ1) is 22.0. The predicted molar refractivity (Wildman–Crippen MR) is 186 cm³/mol. The van der Waals surface area contributed by atoms with Gasteiger partial charge in [-0.15, -0.1) is 0 Å². The molecule has 3 aromatic carbocycles. The summed E-state index contributed by atoms with van der Waals surface area (Å²) >= 11 is 8.72. The lowest BCUT2D eigenvalue weighted by atomic mass is 9.77. The Kier molecular flexibility index (Phi) is 9.55. The average Bonchev–Trinajstić information content (AvgIpc) is 3.74. The number of rotatable bonds is 10. The molecule has 6 rings (SSSR count). The fraction of sp³-hybridized carbons (Fsp3) is 0.429. The molecular weight excluding hydrogens is 721 g/mol. The Morgan fingerprint density at radius 1 is 1.11 bits per heavy atom. The lowest BCUT2D eigenvalue weighted by Gasteiger charge is -2.46. The first-order valence-electron chi connectivity index (χ1n) is 15.5. The van der Waals surface area contributed by atoms with Crippen LogP contribution in [0.4, 0.5) is 16.2 Å². The van der Waals surface area contributed by atoms with E-state index in [0.717, 1.165) is 23.1 Å². The molecule has 3 aliphatic heterocycles. The van der Waals surface area contributed by atoms with Gasteiger partial charge in [0, 0.05) is 46.0 Å². The summed E-state index contributed by atoms with van der Waals surface area (Å²) in [5, 5.41) is 15.8. The van der Waals surface area contributed by atoms with Gasteiger partial charge < -0.3 is 24.6 Å². The minimum absolute atomic E-state index is 0.0346. The summed E-state index contributed by atoms with van der Waals surface area (Å²) in [6.07, 6.45) is 1.62. The van der Waals surface area contributed by atoms with Crippen molar-refractivity contribution in [3.8, 4) is 16.9 Å². The van der Waals surface area contributed by atoms with Crippen LogP contribution >= 0.6 is 34.5 Å². The Morgan fingerprint density at radius 2 is 1.87 bits per heavy atom. The summed E-state index contributed by atoms with van der Waals surface area (Å²) < 4.78 is 19.7. The number of methoxy groups -OCH3 is 1. The van der Waals surface area contributed by atoms with Crippen LogP contribution < -0.4 is 15.4 Å². The number of hydrogen-bond acceptors (Lipinski definition) is 7. The quantitative estimate of drug-likeness (QED) is 0.114. The summed E-state index contributed by atoms with van der Waals surface area (Å²) in [4.78, 5) is 26.4. The van der Waals surface area contributed by atoms with Gasteiger partial charge in [0.2, 0.25) is 5.91 Å². The average molecular weight is 760 g/mol. The van der Waals surface area contributed by atoms with E-state index in [1.54, 1.807) is 12.1 Å². The highest BCUT2D eigenvalue weighted by atomic mass is 127. The second-order valence-electron chi connectivity index (χ2n) is 13.1. The third-order valence-corrected chi connectivity index (χ3v) is 11.0. The number of hydrogen-bond donors (Lipinski definition) is 3. The van der Waals surface area contributed by atoms with Crippen LogP contribution in [0.3, 0.4) is 0 Å². The smallest absolute Gasteiger partial charge is 0.411 e. The van der Waals surface area contributed by atoms with E-state index in [1.807, 2.05) is 49.4 Å². The highest BCUT2D eigenvalue weighted by Crippen LogP contribution is 2.57. The molecule has 244 valence electrons. The van der Waals surface area contributed by atoms with E-state index in [4.69, 9.17) is 25.8 Å². The molecule has 0 aliphatic carbocycles. The second-order valence-corrected chi connectivity index (χ2v) is 14.6. The van der Waals surface area contributed by atoms with Crippen LogP contribution in [0.2, 0.25) is 5.02 Å². The van der Waals surface area contributed by atoms with E-state index in [9.17, 15) is 14.7 Å². The van der Waals surface area contributed by atoms with Gasteiger partial charge in [-0.1, -0.05) is 68.8 Å². The fourth-order valence-electron chi connectivity index (χ4n) is 6.92. The van der Waals surface area contributed by atoms with Crippen molar-refractivity contribution in [1.82, 2.24) is 3.11 Å². The number of nitrogens with zero attached hydrogens (tertiary/aromatic N) is 1. The van der Waals surface area contributed by atoms with Crippen LogP contribution in [-0.4, -0.2) is 57.7 Å². The molecule has 3 N–H and O–H groups in total. The summed E-state index contributed by atoms with van der Waals surface area (Å²) in [6.45, 7) is 6.09. The fourth-order valence-corrected chi connectivity index (χ4v) is 8.90. The molecule has 0 spiro atoms. The molecule has 2 bridgehead atoms. The largest absolute Gasteiger partial charge is 0.496 e. The molecule has 6 atom stereocenters. The molecule has 2 amide bonds. The normalized spacial score (nSPS) is 24.9. The Morgan fingerprint density at radius 3 is 2.59 bits per heavy atom. The van der Waals surface area contributed by atoms with Crippen LogP contribution in [0.5, 0.6) is 5.75 Å². The molecule has 0 aromatic heterocycles. The lowest BCUT2D eigenvalue weighted by molar-refractivity contribution is -0.119. The van der Waals surface area contributed by atoms with Crippen molar-refractivity contribution >= 4 is 57.8 Å². The molecule has 9 nitrogen and oxygen atoms in total. The van der Waals surface area contributed by atoms with Gasteiger partial charge in [-0.25, -0.2) is 7.91 Å². The van der Waals surface area contributed by atoms with Crippen molar-refractivity contribution in [1.29, 1.82) is 0 Å². The number of nitrogens with one attached hydrogen (secondary N) is 2. The number of carbonyl (C=O) groups is 2. The number of morpholine rings is 1. The molecule has 6 unspecified atom stereocenters. The highest BCUT2D eigenvalue weighted by molar-refractivity contribution is 14.1. The van der Waals surface area contributed by atoms with E-state index in [-0.39, 0.29) is 48.2 Å². The topological polar surface area (TPSA) is 113 Å². The number of epoxide rings is 1. The van der Waals surface area contributed by atoms with Gasteiger partial charge in [0.25, 0.3) is 0 Å². The zero-order chi connectivity index (χ0) is 32.7. The minimum Gasteiger partial charge on any atom is -0.496 e. The van der Waals surface area contributed by atoms with E-state index in [2.05, 4.69) is 56.5 Å². The van der Waals surface area contributed by atoms with Gasteiger partial charge >= 0.3 is 6.09 Å². The Hall–Kier alpha value is -2.90. The zero-order valence-electron chi connectivity index (χ0n) is 26.3. The van der Waals surface area contributed by atoms with Crippen molar-refractivity contribution < 1.29 is 28.9 Å². The van der Waals surface area contributed by atoms with Crippen molar-refractivity contribution in [3.05, 3.63) is 76.8 Å². The maximum Gasteiger partial charge on any atom is 0.411 e. The van der Waals surface area contributed by atoms with Gasteiger partial charge in [0.05, 0.1) is 42.2 Å². The molecule has 0 radical (unpaired) electrons. The molecule has 3 heterocycles. The van der Waals surface area contributed by atoms with Crippen LogP contribution in [-0.2, 0) is 27.3 Å². The number of amides is 2. The van der Waals surface area contributed by atoms with Gasteiger partial charge in [-0.3, -0.25) is 10.1 Å². The summed E-state index contributed by atoms with van der Waals surface area (Å²) in [6, 6.07) is 19.4. The Labute approximate surface area is 288 Å². The number of piperidine rings is 1. The zero-order valence-corrected chi connectivity index (χ0v) is 29.2. The Balaban J connectivity index is 1.13. The molecule has 3 fully saturated rings. The van der Waals surface area contributed by atoms with Gasteiger partial charge in [-0.2, -0.15) is 0 Å². The first-order valence-corrected chi connectivity index (χ1v) is 16.9. The molecule has 3 saturated heterocycles. The van der Waals surface area contributed by atoms with Crippen molar-refractivity contribution in [2.75, 3.05) is 17.7 Å². The summed E-state index contributed by atoms with van der Waals surface area (Å²) in [5.74, 6) is -0.0272. The van der Waals surface area contributed by atoms with E-state index in [0.29, 0.717) is 46.6 Å². The number of aliphatic hydroxyl groups is 1. The number of aryl methyl sites for hydroxylation is 1. The monoisotopic (exact) mass is 759 g/mol. The third kappa shape index (κ3) is 6.60. The van der Waals surface area contributed by atoms with Crippen LogP contribution in [0.15, 0.2) is 60.7 Å². The minimum atomic E-state index is -0.481. The maximum atomic E-state index is 13.3. The van der Waals surface area contributed by atoms with Crippen LogP contribution in [0.1, 0.15) is 44.7 Å². The van der Waals surface area contributed by atoms with Gasteiger partial charge in [0.1, 0.15) is 24.1 Å². The lowest BCUT2D eigenvalue weighted by Crippen LogP contribution is -2.56. The molecule has 3 aliphatic rings. The summed E-state index contributed by atoms with van der Waals surface area (Å²) in [5.41, 5.74) is 4.47. The number of benzene rings is 3.